The lowest BCUT2D eigenvalue weighted by molar-refractivity contribution is -0.142. The van der Waals surface area contributed by atoms with Gasteiger partial charge in [-0.15, -0.1) is 11.3 Å². The topological polar surface area (TPSA) is 52.1 Å². The minimum Gasteiger partial charge on any atom is -0.465 e. The van der Waals surface area contributed by atoms with Gasteiger partial charge in [0.2, 0.25) is 0 Å². The van der Waals surface area contributed by atoms with Crippen LogP contribution in [0.5, 0.6) is 0 Å². The number of benzene rings is 1. The number of unbranched alkanes of at least 4 members (excludes halogenated alkanes) is 1. The molecule has 0 amide bonds. The Morgan fingerprint density at radius 3 is 2.77 bits per heavy atom. The second-order valence-corrected chi connectivity index (χ2v) is 8.34. The number of aryl methyl sites for hydroxylation is 1. The normalized spacial score (nSPS) is 12.3. The molecule has 3 aromatic rings. The van der Waals surface area contributed by atoms with Crippen LogP contribution in [-0.4, -0.2) is 27.8 Å². The molecule has 0 aliphatic rings. The second kappa shape index (κ2) is 8.64. The van der Waals surface area contributed by atoms with E-state index in [0.717, 1.165) is 39.2 Å². The number of nitrogens with zero attached hydrogens (tertiary/aromatic N) is 2. The van der Waals surface area contributed by atoms with Crippen molar-refractivity contribution in [3.8, 4) is 11.1 Å². The van der Waals surface area contributed by atoms with Crippen molar-refractivity contribution < 1.29 is 9.53 Å². The predicted molar refractivity (Wildman–Crippen MR) is 109 cm³/mol. The van der Waals surface area contributed by atoms with Crippen LogP contribution in [0.2, 0.25) is 0 Å². The highest BCUT2D eigenvalue weighted by Gasteiger charge is 2.20. The van der Waals surface area contributed by atoms with Gasteiger partial charge in [0, 0.05) is 10.9 Å². The highest BCUT2D eigenvalue weighted by atomic mass is 32.2. The van der Waals surface area contributed by atoms with E-state index in [1.54, 1.807) is 17.7 Å². The average Bonchev–Trinajstić information content (AvgIpc) is 3.07. The zero-order valence-electron chi connectivity index (χ0n) is 15.2. The molecule has 1 aromatic carbocycles. The van der Waals surface area contributed by atoms with Crippen LogP contribution in [0.15, 0.2) is 41.0 Å². The lowest BCUT2D eigenvalue weighted by atomic mass is 10.1. The number of ether oxygens (including phenoxy) is 1. The monoisotopic (exact) mass is 386 g/mol. The summed E-state index contributed by atoms with van der Waals surface area (Å²) in [6, 6.07) is 8.42. The molecule has 0 unspecified atom stereocenters. The van der Waals surface area contributed by atoms with Crippen molar-refractivity contribution in [3.63, 3.8) is 0 Å². The molecule has 6 heteroatoms. The largest absolute Gasteiger partial charge is 0.465 e. The summed E-state index contributed by atoms with van der Waals surface area (Å²) in [6.45, 7) is 6.50. The van der Waals surface area contributed by atoms with Gasteiger partial charge in [0.15, 0.2) is 0 Å². The zero-order chi connectivity index (χ0) is 18.5. The third kappa shape index (κ3) is 4.24. The van der Waals surface area contributed by atoms with E-state index in [2.05, 4.69) is 53.5 Å². The van der Waals surface area contributed by atoms with E-state index in [-0.39, 0.29) is 11.2 Å². The Hall–Kier alpha value is -1.92. The van der Waals surface area contributed by atoms with E-state index in [0.29, 0.717) is 6.61 Å². The van der Waals surface area contributed by atoms with Gasteiger partial charge in [0.05, 0.1) is 12.0 Å². The summed E-state index contributed by atoms with van der Waals surface area (Å²) in [4.78, 5) is 22.0. The van der Waals surface area contributed by atoms with Crippen LogP contribution in [0, 0.1) is 6.92 Å². The molecule has 2 heterocycles. The summed E-state index contributed by atoms with van der Waals surface area (Å²) in [5.74, 6) is -0.192. The molecule has 1 atom stereocenters. The first-order valence-corrected chi connectivity index (χ1v) is 10.5. The van der Waals surface area contributed by atoms with Crippen LogP contribution in [0.1, 0.15) is 32.3 Å². The van der Waals surface area contributed by atoms with Crippen molar-refractivity contribution in [1.29, 1.82) is 0 Å². The van der Waals surface area contributed by atoms with Gasteiger partial charge >= 0.3 is 5.97 Å². The van der Waals surface area contributed by atoms with Crippen molar-refractivity contribution in [2.45, 2.75) is 43.9 Å². The van der Waals surface area contributed by atoms with Crippen molar-refractivity contribution >= 4 is 39.3 Å². The summed E-state index contributed by atoms with van der Waals surface area (Å²) < 4.78 is 5.34. The maximum Gasteiger partial charge on any atom is 0.319 e. The van der Waals surface area contributed by atoms with Crippen molar-refractivity contribution in [3.05, 3.63) is 41.5 Å². The second-order valence-electron chi connectivity index (χ2n) is 6.16. The summed E-state index contributed by atoms with van der Waals surface area (Å²) in [6.07, 6.45) is 3.47. The van der Waals surface area contributed by atoms with Gasteiger partial charge in [0.25, 0.3) is 0 Å². The standard InChI is InChI=1S/C20H22N2O2S2/c1-4-5-10-24-20(23)14(3)26-19-17-16(11-25-18(17)21-12-22-19)15-8-6-13(2)7-9-15/h6-9,11-12,14H,4-5,10H2,1-3H3/t14-/m0/s1. The van der Waals surface area contributed by atoms with Crippen molar-refractivity contribution in [1.82, 2.24) is 9.97 Å². The quantitative estimate of drug-likeness (QED) is 0.233. The molecule has 4 nitrogen and oxygen atoms in total. The first-order chi connectivity index (χ1) is 12.6. The molecule has 0 saturated carbocycles. The van der Waals surface area contributed by atoms with Crippen LogP contribution in [0.3, 0.4) is 0 Å². The first kappa shape index (κ1) is 18.9. The molecule has 0 fully saturated rings. The number of aromatic nitrogens is 2. The SMILES string of the molecule is CCCCOC(=O)[C@H](C)Sc1ncnc2scc(-c3ccc(C)cc3)c12. The lowest BCUT2D eigenvalue weighted by Crippen LogP contribution is -2.17. The maximum absolute atomic E-state index is 12.2. The average molecular weight is 387 g/mol. The van der Waals surface area contributed by atoms with E-state index in [1.807, 2.05) is 6.92 Å². The fraction of sp³-hybridized carbons (Fsp3) is 0.350. The Labute approximate surface area is 162 Å². The number of hydrogen-bond donors (Lipinski definition) is 0. The van der Waals surface area contributed by atoms with Crippen LogP contribution in [0.25, 0.3) is 21.3 Å². The Morgan fingerprint density at radius 2 is 2.04 bits per heavy atom. The summed E-state index contributed by atoms with van der Waals surface area (Å²) in [5, 5.41) is 3.64. The fourth-order valence-electron chi connectivity index (χ4n) is 2.53. The van der Waals surface area contributed by atoms with Gasteiger partial charge in [-0.1, -0.05) is 54.9 Å². The third-order valence-electron chi connectivity index (χ3n) is 4.06. The van der Waals surface area contributed by atoms with Gasteiger partial charge < -0.3 is 4.74 Å². The van der Waals surface area contributed by atoms with Gasteiger partial charge in [0.1, 0.15) is 21.4 Å². The molecule has 2 aromatic heterocycles. The number of carbonyl (C=O) groups is 1. The van der Waals surface area contributed by atoms with Gasteiger partial charge in [-0.2, -0.15) is 0 Å². The third-order valence-corrected chi connectivity index (χ3v) is 6.03. The highest BCUT2D eigenvalue weighted by Crippen LogP contribution is 2.39. The lowest BCUT2D eigenvalue weighted by Gasteiger charge is -2.11. The molecular weight excluding hydrogens is 364 g/mol. The number of hydrogen-bond acceptors (Lipinski definition) is 6. The maximum atomic E-state index is 12.2. The van der Waals surface area contributed by atoms with Crippen LogP contribution in [-0.2, 0) is 9.53 Å². The molecule has 26 heavy (non-hydrogen) atoms. The van der Waals surface area contributed by atoms with Crippen molar-refractivity contribution in [2.75, 3.05) is 6.61 Å². The number of esters is 1. The van der Waals surface area contributed by atoms with E-state index < -0.39 is 0 Å². The molecule has 0 N–H and O–H groups in total. The molecule has 136 valence electrons. The summed E-state index contributed by atoms with van der Waals surface area (Å²) in [5.41, 5.74) is 3.47. The van der Waals surface area contributed by atoms with Gasteiger partial charge in [-0.3, -0.25) is 4.79 Å². The molecule has 0 radical (unpaired) electrons. The van der Waals surface area contributed by atoms with Gasteiger partial charge in [-0.05, 0) is 25.8 Å². The summed E-state index contributed by atoms with van der Waals surface area (Å²) >= 11 is 3.04. The zero-order valence-corrected chi connectivity index (χ0v) is 16.8. The Kier molecular flexibility index (Phi) is 6.27. The molecule has 0 bridgehead atoms. The van der Waals surface area contributed by atoms with Crippen LogP contribution >= 0.6 is 23.1 Å². The number of rotatable bonds is 7. The smallest absolute Gasteiger partial charge is 0.319 e. The van der Waals surface area contributed by atoms with Crippen LogP contribution < -0.4 is 0 Å². The molecule has 3 rings (SSSR count). The molecule has 0 aliphatic carbocycles. The highest BCUT2D eigenvalue weighted by molar-refractivity contribution is 8.00. The summed E-state index contributed by atoms with van der Waals surface area (Å²) in [7, 11) is 0. The number of thiophene rings is 1. The number of carbonyl (C=O) groups excluding carboxylic acids is 1. The van der Waals surface area contributed by atoms with E-state index in [9.17, 15) is 4.79 Å². The Bertz CT molecular complexity index is 890. The van der Waals surface area contributed by atoms with E-state index in [1.165, 1.54) is 17.3 Å². The van der Waals surface area contributed by atoms with E-state index in [4.69, 9.17) is 4.74 Å². The molecule has 0 spiro atoms. The Morgan fingerprint density at radius 1 is 1.27 bits per heavy atom. The van der Waals surface area contributed by atoms with E-state index >= 15 is 0 Å². The van der Waals surface area contributed by atoms with Crippen molar-refractivity contribution in [2.24, 2.45) is 0 Å². The first-order valence-electron chi connectivity index (χ1n) is 8.72. The Balaban J connectivity index is 1.88. The molecule has 0 aliphatic heterocycles. The fourth-order valence-corrected chi connectivity index (χ4v) is 4.44. The van der Waals surface area contributed by atoms with Gasteiger partial charge in [-0.25, -0.2) is 9.97 Å². The molecular formula is C20H22N2O2S2. The minimum absolute atomic E-state index is 0.192. The predicted octanol–water partition coefficient (Wildman–Crippen LogP) is 5.49. The molecule has 0 saturated heterocycles. The number of fused-ring (bicyclic) bond motifs is 1. The van der Waals surface area contributed by atoms with Crippen LogP contribution in [0.4, 0.5) is 0 Å². The minimum atomic E-state index is -0.310. The number of thioether (sulfide) groups is 1.